The van der Waals surface area contributed by atoms with E-state index in [0.717, 1.165) is 24.2 Å². The van der Waals surface area contributed by atoms with Gasteiger partial charge in [0.2, 0.25) is 0 Å². The predicted octanol–water partition coefficient (Wildman–Crippen LogP) is 6.83. The lowest BCUT2D eigenvalue weighted by Gasteiger charge is -2.20. The van der Waals surface area contributed by atoms with Gasteiger partial charge in [-0.3, -0.25) is 0 Å². The first-order chi connectivity index (χ1) is 17.3. The summed E-state index contributed by atoms with van der Waals surface area (Å²) in [5.41, 5.74) is 3.96. The quantitative estimate of drug-likeness (QED) is 0.336. The molecule has 36 heavy (non-hydrogen) atoms. The van der Waals surface area contributed by atoms with Crippen LogP contribution in [-0.4, -0.2) is 37.3 Å². The zero-order valence-corrected chi connectivity index (χ0v) is 21.6. The Morgan fingerprint density at radius 2 is 1.83 bits per heavy atom. The van der Waals surface area contributed by atoms with E-state index >= 15 is 4.39 Å². The SMILES string of the molecule is COC(=O)c1cc(-c2ccc(NC(C)C)cc2F)c(OC)c(C)c1-c1ccc(NC2CCCC2)nc1. The van der Waals surface area contributed by atoms with Crippen molar-refractivity contribution in [2.75, 3.05) is 24.9 Å². The number of pyridine rings is 1. The van der Waals surface area contributed by atoms with Crippen molar-refractivity contribution in [1.29, 1.82) is 0 Å². The third-order valence-electron chi connectivity index (χ3n) is 6.60. The molecule has 6 nitrogen and oxygen atoms in total. The number of halogens is 1. The van der Waals surface area contributed by atoms with Crippen LogP contribution in [0.3, 0.4) is 0 Å². The smallest absolute Gasteiger partial charge is 0.338 e. The molecular formula is C29H34FN3O3. The monoisotopic (exact) mass is 491 g/mol. The molecule has 3 aromatic rings. The molecule has 1 saturated carbocycles. The molecule has 4 rings (SSSR count). The summed E-state index contributed by atoms with van der Waals surface area (Å²) in [6, 6.07) is 11.1. The fraction of sp³-hybridized carbons (Fsp3) is 0.379. The lowest BCUT2D eigenvalue weighted by atomic mass is 9.90. The summed E-state index contributed by atoms with van der Waals surface area (Å²) >= 11 is 0. The molecule has 2 N–H and O–H groups in total. The molecule has 0 aliphatic heterocycles. The number of ether oxygens (including phenoxy) is 2. The second-order valence-electron chi connectivity index (χ2n) is 9.55. The third kappa shape index (κ3) is 5.30. The maximum atomic E-state index is 15.3. The molecule has 2 aromatic carbocycles. The Bertz CT molecular complexity index is 1240. The maximum Gasteiger partial charge on any atom is 0.338 e. The molecule has 0 unspecified atom stereocenters. The Labute approximate surface area is 212 Å². The molecule has 0 atom stereocenters. The number of rotatable bonds is 8. The van der Waals surface area contributed by atoms with Crippen LogP contribution in [0.25, 0.3) is 22.3 Å². The van der Waals surface area contributed by atoms with Crippen molar-refractivity contribution in [1.82, 2.24) is 4.98 Å². The van der Waals surface area contributed by atoms with Crippen LogP contribution in [-0.2, 0) is 4.74 Å². The summed E-state index contributed by atoms with van der Waals surface area (Å²) in [7, 11) is 2.89. The van der Waals surface area contributed by atoms with Crippen LogP contribution in [0.4, 0.5) is 15.9 Å². The molecule has 190 valence electrons. The Morgan fingerprint density at radius 3 is 2.42 bits per heavy atom. The van der Waals surface area contributed by atoms with Gasteiger partial charge in [0.25, 0.3) is 0 Å². The summed E-state index contributed by atoms with van der Waals surface area (Å²) in [6.07, 6.45) is 6.53. The van der Waals surface area contributed by atoms with Crippen molar-refractivity contribution in [3.63, 3.8) is 0 Å². The van der Waals surface area contributed by atoms with Crippen molar-refractivity contribution in [3.8, 4) is 28.0 Å². The van der Waals surface area contributed by atoms with Crippen LogP contribution in [0, 0.1) is 12.7 Å². The average Bonchev–Trinajstić information content (AvgIpc) is 3.36. The highest BCUT2D eigenvalue weighted by Crippen LogP contribution is 2.42. The average molecular weight is 492 g/mol. The molecule has 1 aliphatic carbocycles. The molecule has 0 spiro atoms. The summed E-state index contributed by atoms with van der Waals surface area (Å²) < 4.78 is 26.1. The van der Waals surface area contributed by atoms with E-state index in [1.54, 1.807) is 25.4 Å². The van der Waals surface area contributed by atoms with Crippen molar-refractivity contribution < 1.29 is 18.7 Å². The Balaban J connectivity index is 1.79. The molecule has 1 heterocycles. The fourth-order valence-corrected chi connectivity index (χ4v) is 4.97. The second-order valence-corrected chi connectivity index (χ2v) is 9.55. The first-order valence-electron chi connectivity index (χ1n) is 12.4. The summed E-state index contributed by atoms with van der Waals surface area (Å²) in [6.45, 7) is 5.85. The van der Waals surface area contributed by atoms with Gasteiger partial charge in [-0.15, -0.1) is 0 Å². The van der Waals surface area contributed by atoms with Gasteiger partial charge in [0, 0.05) is 51.8 Å². The summed E-state index contributed by atoms with van der Waals surface area (Å²) in [5.74, 6) is 0.382. The number of hydrogen-bond donors (Lipinski definition) is 2. The number of esters is 1. The van der Waals surface area contributed by atoms with Gasteiger partial charge in [-0.1, -0.05) is 12.8 Å². The van der Waals surface area contributed by atoms with E-state index in [9.17, 15) is 4.79 Å². The van der Waals surface area contributed by atoms with E-state index < -0.39 is 11.8 Å². The number of hydrogen-bond acceptors (Lipinski definition) is 6. The third-order valence-corrected chi connectivity index (χ3v) is 6.60. The lowest BCUT2D eigenvalue weighted by Crippen LogP contribution is -2.15. The second kappa shape index (κ2) is 11.0. The highest BCUT2D eigenvalue weighted by Gasteiger charge is 2.24. The zero-order chi connectivity index (χ0) is 25.8. The topological polar surface area (TPSA) is 72.5 Å². The standard InChI is InChI=1S/C29H34FN3O3/c1-17(2)32-21-11-12-22(25(30)14-21)23-15-24(29(34)36-5)27(18(3)28(23)35-4)19-10-13-26(31-16-19)33-20-8-6-7-9-20/h10-17,20,32H,6-9H2,1-5H3,(H,31,33). The van der Waals surface area contributed by atoms with E-state index in [2.05, 4.69) is 15.6 Å². The minimum Gasteiger partial charge on any atom is -0.496 e. The van der Waals surface area contributed by atoms with Gasteiger partial charge >= 0.3 is 5.97 Å². The first-order valence-corrected chi connectivity index (χ1v) is 12.4. The Hall–Kier alpha value is -3.61. The van der Waals surface area contributed by atoms with Crippen molar-refractivity contribution >= 4 is 17.5 Å². The molecular weight excluding hydrogens is 457 g/mol. The fourth-order valence-electron chi connectivity index (χ4n) is 4.97. The predicted molar refractivity (Wildman–Crippen MR) is 142 cm³/mol. The molecule has 0 saturated heterocycles. The number of carbonyl (C=O) groups excluding carboxylic acids is 1. The van der Waals surface area contributed by atoms with Gasteiger partial charge in [-0.05, 0) is 70.0 Å². The molecule has 1 fully saturated rings. The van der Waals surface area contributed by atoms with E-state index in [1.807, 2.05) is 39.0 Å². The Kier molecular flexibility index (Phi) is 7.77. The summed E-state index contributed by atoms with van der Waals surface area (Å²) in [4.78, 5) is 17.5. The van der Waals surface area contributed by atoms with Gasteiger partial charge in [0.05, 0.1) is 19.8 Å². The van der Waals surface area contributed by atoms with Crippen molar-refractivity contribution in [2.45, 2.75) is 58.5 Å². The van der Waals surface area contributed by atoms with E-state index in [0.29, 0.717) is 45.3 Å². The van der Waals surface area contributed by atoms with Crippen LogP contribution in [0.2, 0.25) is 0 Å². The minimum absolute atomic E-state index is 0.172. The number of anilines is 2. The molecule has 1 aromatic heterocycles. The largest absolute Gasteiger partial charge is 0.496 e. The van der Waals surface area contributed by atoms with E-state index in [1.165, 1.54) is 26.0 Å². The zero-order valence-electron chi connectivity index (χ0n) is 21.6. The van der Waals surface area contributed by atoms with Gasteiger partial charge in [-0.2, -0.15) is 0 Å². The highest BCUT2D eigenvalue weighted by atomic mass is 19.1. The van der Waals surface area contributed by atoms with Gasteiger partial charge in [0.1, 0.15) is 17.4 Å². The minimum atomic E-state index is -0.510. The molecule has 1 aliphatic rings. The number of aromatic nitrogens is 1. The van der Waals surface area contributed by atoms with Crippen LogP contribution in [0.1, 0.15) is 55.5 Å². The normalized spacial score (nSPS) is 13.6. The number of nitrogens with zero attached hydrogens (tertiary/aromatic N) is 1. The molecule has 0 radical (unpaired) electrons. The van der Waals surface area contributed by atoms with Crippen LogP contribution in [0.15, 0.2) is 42.6 Å². The molecule has 7 heteroatoms. The highest BCUT2D eigenvalue weighted by molar-refractivity contribution is 6.01. The Morgan fingerprint density at radius 1 is 1.08 bits per heavy atom. The number of benzene rings is 2. The lowest BCUT2D eigenvalue weighted by molar-refractivity contribution is 0.0601. The maximum absolute atomic E-state index is 15.3. The van der Waals surface area contributed by atoms with Crippen LogP contribution >= 0.6 is 0 Å². The number of carbonyl (C=O) groups is 1. The van der Waals surface area contributed by atoms with Crippen LogP contribution in [0.5, 0.6) is 5.75 Å². The van der Waals surface area contributed by atoms with Crippen molar-refractivity contribution in [2.24, 2.45) is 0 Å². The van der Waals surface area contributed by atoms with E-state index in [4.69, 9.17) is 9.47 Å². The van der Waals surface area contributed by atoms with Gasteiger partial charge in [0.15, 0.2) is 0 Å². The van der Waals surface area contributed by atoms with Crippen LogP contribution < -0.4 is 15.4 Å². The summed E-state index contributed by atoms with van der Waals surface area (Å²) in [5, 5.41) is 6.69. The van der Waals surface area contributed by atoms with Gasteiger partial charge in [-0.25, -0.2) is 14.2 Å². The van der Waals surface area contributed by atoms with Gasteiger partial charge < -0.3 is 20.1 Å². The van der Waals surface area contributed by atoms with E-state index in [-0.39, 0.29) is 6.04 Å². The molecule has 0 amide bonds. The molecule has 0 bridgehead atoms. The van der Waals surface area contributed by atoms with Crippen molar-refractivity contribution in [3.05, 3.63) is 59.5 Å². The number of nitrogens with one attached hydrogen (secondary N) is 2. The first kappa shape index (κ1) is 25.5. The number of methoxy groups -OCH3 is 2.